The molecule has 1 aromatic carbocycles. The van der Waals surface area contributed by atoms with Crippen LogP contribution >= 0.6 is 0 Å². The van der Waals surface area contributed by atoms with Gasteiger partial charge >= 0.3 is 0 Å². The summed E-state index contributed by atoms with van der Waals surface area (Å²) in [7, 11) is 1.94. The molecule has 0 spiro atoms. The highest BCUT2D eigenvalue weighted by atomic mass is 19.1. The van der Waals surface area contributed by atoms with E-state index in [4.69, 9.17) is 0 Å². The maximum atomic E-state index is 13.8. The lowest BCUT2D eigenvalue weighted by atomic mass is 10.1. The van der Waals surface area contributed by atoms with Crippen LogP contribution in [0.2, 0.25) is 0 Å². The molecule has 1 aromatic heterocycles. The molecule has 2 rings (SSSR count). The molecule has 0 radical (unpaired) electrons. The summed E-state index contributed by atoms with van der Waals surface area (Å²) in [6, 6.07) is 5.40. The highest BCUT2D eigenvalue weighted by Gasteiger charge is 2.06. The van der Waals surface area contributed by atoms with Gasteiger partial charge in [-0.3, -0.25) is 0 Å². The van der Waals surface area contributed by atoms with Crippen molar-refractivity contribution in [1.29, 1.82) is 0 Å². The van der Waals surface area contributed by atoms with Crippen molar-refractivity contribution in [3.8, 4) is 0 Å². The SMILES string of the molecule is CCNCc1ccc(Cc2nccn2C)cc1F. The zero-order chi connectivity index (χ0) is 13.0. The average molecular weight is 247 g/mol. The summed E-state index contributed by atoms with van der Waals surface area (Å²) < 4.78 is 15.8. The summed E-state index contributed by atoms with van der Waals surface area (Å²) >= 11 is 0. The van der Waals surface area contributed by atoms with Gasteiger partial charge in [-0.1, -0.05) is 19.1 Å². The summed E-state index contributed by atoms with van der Waals surface area (Å²) in [5.74, 6) is 0.788. The van der Waals surface area contributed by atoms with Gasteiger partial charge in [0.2, 0.25) is 0 Å². The molecule has 0 atom stereocenters. The van der Waals surface area contributed by atoms with Crippen molar-refractivity contribution >= 4 is 0 Å². The van der Waals surface area contributed by atoms with Crippen LogP contribution in [0.25, 0.3) is 0 Å². The Morgan fingerprint density at radius 2 is 2.22 bits per heavy atom. The quantitative estimate of drug-likeness (QED) is 0.878. The molecule has 0 aliphatic rings. The number of halogens is 1. The van der Waals surface area contributed by atoms with Crippen molar-refractivity contribution in [2.75, 3.05) is 6.54 Å². The van der Waals surface area contributed by atoms with Gasteiger partial charge in [-0.2, -0.15) is 0 Å². The molecule has 0 saturated heterocycles. The van der Waals surface area contributed by atoms with Gasteiger partial charge in [-0.25, -0.2) is 9.37 Å². The second-order valence-electron chi connectivity index (χ2n) is 4.34. The van der Waals surface area contributed by atoms with Crippen molar-refractivity contribution in [2.24, 2.45) is 7.05 Å². The fraction of sp³-hybridized carbons (Fsp3) is 0.357. The van der Waals surface area contributed by atoms with Crippen LogP contribution in [0.5, 0.6) is 0 Å². The molecule has 0 amide bonds. The Hall–Kier alpha value is -1.68. The Labute approximate surface area is 107 Å². The van der Waals surface area contributed by atoms with Crippen molar-refractivity contribution in [2.45, 2.75) is 19.9 Å². The second-order valence-corrected chi connectivity index (χ2v) is 4.34. The Kier molecular flexibility index (Phi) is 4.10. The first kappa shape index (κ1) is 12.8. The minimum absolute atomic E-state index is 0.150. The van der Waals surface area contributed by atoms with E-state index >= 15 is 0 Å². The van der Waals surface area contributed by atoms with E-state index in [2.05, 4.69) is 10.3 Å². The van der Waals surface area contributed by atoms with Crippen molar-refractivity contribution < 1.29 is 4.39 Å². The van der Waals surface area contributed by atoms with Gasteiger partial charge in [0, 0.05) is 38.0 Å². The molecular formula is C14H18FN3. The number of aryl methyl sites for hydroxylation is 1. The maximum absolute atomic E-state index is 13.8. The van der Waals surface area contributed by atoms with Crippen LogP contribution in [0, 0.1) is 5.82 Å². The number of nitrogens with zero attached hydrogens (tertiary/aromatic N) is 2. The third kappa shape index (κ3) is 2.96. The molecule has 0 fully saturated rings. The van der Waals surface area contributed by atoms with Crippen molar-refractivity contribution in [1.82, 2.24) is 14.9 Å². The van der Waals surface area contributed by atoms with E-state index in [1.807, 2.05) is 36.9 Å². The van der Waals surface area contributed by atoms with E-state index in [1.54, 1.807) is 12.3 Å². The van der Waals surface area contributed by atoms with Crippen LogP contribution in [-0.2, 0) is 20.0 Å². The fourth-order valence-electron chi connectivity index (χ4n) is 1.85. The molecule has 0 bridgehead atoms. The molecule has 0 aliphatic heterocycles. The fourth-order valence-corrected chi connectivity index (χ4v) is 1.85. The predicted octanol–water partition coefficient (Wildman–Crippen LogP) is 2.26. The van der Waals surface area contributed by atoms with E-state index in [-0.39, 0.29) is 5.82 Å². The lowest BCUT2D eigenvalue weighted by molar-refractivity contribution is 0.591. The smallest absolute Gasteiger partial charge is 0.127 e. The number of hydrogen-bond donors (Lipinski definition) is 1. The van der Waals surface area contributed by atoms with Crippen molar-refractivity contribution in [3.63, 3.8) is 0 Å². The van der Waals surface area contributed by atoms with E-state index in [0.717, 1.165) is 17.9 Å². The van der Waals surface area contributed by atoms with Gasteiger partial charge in [0.25, 0.3) is 0 Å². The van der Waals surface area contributed by atoms with Gasteiger partial charge < -0.3 is 9.88 Å². The minimum atomic E-state index is -0.150. The highest BCUT2D eigenvalue weighted by Crippen LogP contribution is 2.13. The normalized spacial score (nSPS) is 10.8. The first-order chi connectivity index (χ1) is 8.70. The third-order valence-corrected chi connectivity index (χ3v) is 2.97. The molecule has 4 heteroatoms. The van der Waals surface area contributed by atoms with E-state index < -0.39 is 0 Å². The monoisotopic (exact) mass is 247 g/mol. The number of rotatable bonds is 5. The largest absolute Gasteiger partial charge is 0.338 e. The van der Waals surface area contributed by atoms with Crippen LogP contribution in [0.1, 0.15) is 23.9 Å². The lowest BCUT2D eigenvalue weighted by Gasteiger charge is -2.07. The molecule has 18 heavy (non-hydrogen) atoms. The first-order valence-electron chi connectivity index (χ1n) is 6.15. The summed E-state index contributed by atoms with van der Waals surface area (Å²) in [4.78, 5) is 4.24. The molecule has 2 aromatic rings. The van der Waals surface area contributed by atoms with Crippen LogP contribution in [0.3, 0.4) is 0 Å². The Bertz CT molecular complexity index is 520. The average Bonchev–Trinajstić information content (AvgIpc) is 2.74. The molecule has 0 saturated carbocycles. The molecule has 3 nitrogen and oxygen atoms in total. The van der Waals surface area contributed by atoms with E-state index in [0.29, 0.717) is 18.5 Å². The maximum Gasteiger partial charge on any atom is 0.127 e. The standard InChI is InChI=1S/C14H18FN3/c1-3-16-10-12-5-4-11(8-13(12)15)9-14-17-6-7-18(14)2/h4-8,16H,3,9-10H2,1-2H3. The van der Waals surface area contributed by atoms with Crippen LogP contribution < -0.4 is 5.32 Å². The Morgan fingerprint density at radius 1 is 1.39 bits per heavy atom. The lowest BCUT2D eigenvalue weighted by Crippen LogP contribution is -2.13. The van der Waals surface area contributed by atoms with Gasteiger partial charge in [0.15, 0.2) is 0 Å². The summed E-state index contributed by atoms with van der Waals surface area (Å²) in [6.07, 6.45) is 4.30. The van der Waals surface area contributed by atoms with Gasteiger partial charge in [0.05, 0.1) is 0 Å². The van der Waals surface area contributed by atoms with Gasteiger partial charge in [0.1, 0.15) is 11.6 Å². The van der Waals surface area contributed by atoms with Crippen LogP contribution in [0.15, 0.2) is 30.6 Å². The van der Waals surface area contributed by atoms with E-state index in [9.17, 15) is 4.39 Å². The minimum Gasteiger partial charge on any atom is -0.338 e. The Morgan fingerprint density at radius 3 is 2.83 bits per heavy atom. The van der Waals surface area contributed by atoms with E-state index in [1.165, 1.54) is 0 Å². The van der Waals surface area contributed by atoms with Crippen molar-refractivity contribution in [3.05, 3.63) is 53.4 Å². The molecule has 1 heterocycles. The highest BCUT2D eigenvalue weighted by molar-refractivity contribution is 5.26. The van der Waals surface area contributed by atoms with Gasteiger partial charge in [-0.05, 0) is 18.2 Å². The third-order valence-electron chi connectivity index (χ3n) is 2.97. The summed E-state index contributed by atoms with van der Waals surface area (Å²) in [6.45, 7) is 3.42. The molecule has 1 N–H and O–H groups in total. The van der Waals surface area contributed by atoms with Crippen LogP contribution in [-0.4, -0.2) is 16.1 Å². The van der Waals surface area contributed by atoms with Crippen LogP contribution in [0.4, 0.5) is 4.39 Å². The number of aromatic nitrogens is 2. The number of benzene rings is 1. The molecule has 96 valence electrons. The zero-order valence-corrected chi connectivity index (χ0v) is 10.8. The number of nitrogens with one attached hydrogen (secondary N) is 1. The summed E-state index contributed by atoms with van der Waals surface area (Å²) in [5, 5.41) is 3.12. The summed E-state index contributed by atoms with van der Waals surface area (Å²) in [5.41, 5.74) is 1.66. The second kappa shape index (κ2) is 5.78. The van der Waals surface area contributed by atoms with Gasteiger partial charge in [-0.15, -0.1) is 0 Å². The molecule has 0 aliphatic carbocycles. The predicted molar refractivity (Wildman–Crippen MR) is 69.8 cm³/mol. The zero-order valence-electron chi connectivity index (χ0n) is 10.8. The molecule has 0 unspecified atom stereocenters. The topological polar surface area (TPSA) is 29.9 Å². The Balaban J connectivity index is 2.11. The number of imidazole rings is 1. The molecular weight excluding hydrogens is 229 g/mol. The first-order valence-corrected chi connectivity index (χ1v) is 6.15. The number of hydrogen-bond acceptors (Lipinski definition) is 2.